The summed E-state index contributed by atoms with van der Waals surface area (Å²) in [6, 6.07) is 23.9. The number of rotatable bonds is 5. The summed E-state index contributed by atoms with van der Waals surface area (Å²) < 4.78 is 25.0. The Labute approximate surface area is 186 Å². The van der Waals surface area contributed by atoms with Gasteiger partial charge < -0.3 is 4.90 Å². The fourth-order valence-electron chi connectivity index (χ4n) is 3.39. The fraction of sp³-hybridized carbons (Fsp3) is 0.0870. The summed E-state index contributed by atoms with van der Waals surface area (Å²) >= 11 is 6.08. The lowest BCUT2D eigenvalue weighted by molar-refractivity contribution is 0.598. The minimum absolute atomic E-state index is 0.0506. The van der Waals surface area contributed by atoms with Crippen LogP contribution in [0.2, 0.25) is 5.02 Å². The highest BCUT2D eigenvalue weighted by molar-refractivity contribution is 7.89. The van der Waals surface area contributed by atoms with Crippen LogP contribution in [-0.4, -0.2) is 32.3 Å². The van der Waals surface area contributed by atoms with Crippen molar-refractivity contribution in [2.75, 3.05) is 19.0 Å². The van der Waals surface area contributed by atoms with Crippen LogP contribution in [0, 0.1) is 0 Å². The molecule has 0 aliphatic rings. The third kappa shape index (κ3) is 4.34. The summed E-state index contributed by atoms with van der Waals surface area (Å²) in [6.07, 6.45) is 0. The first kappa shape index (κ1) is 21.1. The van der Waals surface area contributed by atoms with Gasteiger partial charge in [0.25, 0.3) is 0 Å². The zero-order chi connectivity index (χ0) is 22.2. The number of hydrogen-bond acceptors (Lipinski definition) is 4. The van der Waals surface area contributed by atoms with Gasteiger partial charge in [0.1, 0.15) is 0 Å². The van der Waals surface area contributed by atoms with Crippen LogP contribution in [0.25, 0.3) is 28.2 Å². The van der Waals surface area contributed by atoms with Crippen molar-refractivity contribution in [1.82, 2.24) is 9.78 Å². The normalized spacial score (nSPS) is 11.5. The average Bonchev–Trinajstić information content (AvgIpc) is 3.19. The number of anilines is 1. The molecule has 8 heteroatoms. The first-order chi connectivity index (χ1) is 14.7. The van der Waals surface area contributed by atoms with E-state index in [1.165, 1.54) is 12.1 Å². The number of nitrogens with zero attached hydrogens (tertiary/aromatic N) is 3. The molecule has 0 atom stereocenters. The molecule has 3 aromatic carbocycles. The standard InChI is InChI=1S/C23H21ClN4O2S/c1-27(2)22-6-4-3-5-20(22)21-15-23(16-7-9-17(24)10-8-16)28(26-21)18-11-13-19(14-12-18)31(25,29)30/h3-15H,1-2H3,(H2,25,29,30). The van der Waals surface area contributed by atoms with E-state index in [0.717, 1.165) is 28.2 Å². The zero-order valence-corrected chi connectivity index (χ0v) is 18.6. The third-order valence-electron chi connectivity index (χ3n) is 4.92. The molecule has 0 saturated carbocycles. The molecule has 0 unspecified atom stereocenters. The number of nitrogens with two attached hydrogens (primary N) is 1. The summed E-state index contributed by atoms with van der Waals surface area (Å²) in [4.78, 5) is 2.09. The lowest BCUT2D eigenvalue weighted by Gasteiger charge is -2.15. The molecule has 31 heavy (non-hydrogen) atoms. The molecule has 158 valence electrons. The van der Waals surface area contributed by atoms with E-state index in [2.05, 4.69) is 0 Å². The smallest absolute Gasteiger partial charge is 0.238 e. The van der Waals surface area contributed by atoms with E-state index in [-0.39, 0.29) is 4.90 Å². The van der Waals surface area contributed by atoms with E-state index < -0.39 is 10.0 Å². The van der Waals surface area contributed by atoms with Gasteiger partial charge in [0.15, 0.2) is 0 Å². The SMILES string of the molecule is CN(C)c1ccccc1-c1cc(-c2ccc(Cl)cc2)n(-c2ccc(S(N)(=O)=O)cc2)n1. The number of halogens is 1. The van der Waals surface area contributed by atoms with Crippen LogP contribution in [0.4, 0.5) is 5.69 Å². The molecule has 1 heterocycles. The minimum atomic E-state index is -3.77. The lowest BCUT2D eigenvalue weighted by Crippen LogP contribution is -2.12. The molecule has 0 radical (unpaired) electrons. The van der Waals surface area contributed by atoms with Crippen molar-refractivity contribution in [3.05, 3.63) is 83.9 Å². The summed E-state index contributed by atoms with van der Waals surface area (Å²) in [5.41, 5.74) is 5.32. The number of aromatic nitrogens is 2. The third-order valence-corrected chi connectivity index (χ3v) is 6.10. The molecule has 4 rings (SSSR count). The first-order valence-corrected chi connectivity index (χ1v) is 11.4. The van der Waals surface area contributed by atoms with E-state index in [9.17, 15) is 8.42 Å². The van der Waals surface area contributed by atoms with Gasteiger partial charge in [-0.25, -0.2) is 18.2 Å². The van der Waals surface area contributed by atoms with E-state index in [4.69, 9.17) is 21.8 Å². The maximum atomic E-state index is 11.6. The van der Waals surface area contributed by atoms with Gasteiger partial charge in [0, 0.05) is 35.9 Å². The Morgan fingerprint density at radius 3 is 2.19 bits per heavy atom. The van der Waals surface area contributed by atoms with Gasteiger partial charge in [-0.1, -0.05) is 41.9 Å². The number of benzene rings is 3. The number of para-hydroxylation sites is 1. The van der Waals surface area contributed by atoms with Gasteiger partial charge in [-0.05, 0) is 48.5 Å². The molecule has 1 aromatic heterocycles. The second kappa shape index (κ2) is 8.19. The van der Waals surface area contributed by atoms with E-state index in [0.29, 0.717) is 10.7 Å². The fourth-order valence-corrected chi connectivity index (χ4v) is 4.03. The average molecular weight is 453 g/mol. The van der Waals surface area contributed by atoms with Gasteiger partial charge in [0.05, 0.1) is 22.0 Å². The minimum Gasteiger partial charge on any atom is -0.377 e. The van der Waals surface area contributed by atoms with Crippen molar-refractivity contribution in [2.24, 2.45) is 5.14 Å². The van der Waals surface area contributed by atoms with Gasteiger partial charge >= 0.3 is 0 Å². The number of hydrogen-bond donors (Lipinski definition) is 1. The Kier molecular flexibility index (Phi) is 5.58. The molecule has 0 fully saturated rings. The van der Waals surface area contributed by atoms with Gasteiger partial charge in [0.2, 0.25) is 10.0 Å². The molecular formula is C23H21ClN4O2S. The zero-order valence-electron chi connectivity index (χ0n) is 17.0. The Morgan fingerprint density at radius 2 is 1.58 bits per heavy atom. The van der Waals surface area contributed by atoms with Crippen LogP contribution in [0.5, 0.6) is 0 Å². The highest BCUT2D eigenvalue weighted by Crippen LogP contribution is 2.34. The molecule has 0 saturated heterocycles. The maximum absolute atomic E-state index is 11.6. The first-order valence-electron chi connectivity index (χ1n) is 9.50. The van der Waals surface area contributed by atoms with Crippen LogP contribution in [0.1, 0.15) is 0 Å². The van der Waals surface area contributed by atoms with Gasteiger partial charge in [-0.15, -0.1) is 0 Å². The number of sulfonamides is 1. The molecule has 0 bridgehead atoms. The summed E-state index contributed by atoms with van der Waals surface area (Å²) in [6.45, 7) is 0. The van der Waals surface area contributed by atoms with Crippen molar-refractivity contribution in [1.29, 1.82) is 0 Å². The van der Waals surface area contributed by atoms with Crippen molar-refractivity contribution in [3.63, 3.8) is 0 Å². The second-order valence-electron chi connectivity index (χ2n) is 7.28. The van der Waals surface area contributed by atoms with Gasteiger partial charge in [-0.3, -0.25) is 0 Å². The van der Waals surface area contributed by atoms with Crippen LogP contribution in [0.15, 0.2) is 83.8 Å². The van der Waals surface area contributed by atoms with Crippen LogP contribution < -0.4 is 10.0 Å². The Bertz CT molecular complexity index is 1330. The van der Waals surface area contributed by atoms with E-state index in [1.54, 1.807) is 16.8 Å². The predicted molar refractivity (Wildman–Crippen MR) is 125 cm³/mol. The topological polar surface area (TPSA) is 81.2 Å². The Morgan fingerprint density at radius 1 is 0.935 bits per heavy atom. The Balaban J connectivity index is 1.91. The van der Waals surface area contributed by atoms with Crippen molar-refractivity contribution in [3.8, 4) is 28.2 Å². The molecule has 2 N–H and O–H groups in total. The molecule has 0 aliphatic carbocycles. The highest BCUT2D eigenvalue weighted by Gasteiger charge is 2.17. The number of primary sulfonamides is 1. The molecule has 0 aliphatic heterocycles. The predicted octanol–water partition coefficient (Wildman–Crippen LogP) is 4.57. The van der Waals surface area contributed by atoms with E-state index in [1.807, 2.05) is 73.6 Å². The van der Waals surface area contributed by atoms with Crippen LogP contribution >= 0.6 is 11.6 Å². The van der Waals surface area contributed by atoms with Crippen molar-refractivity contribution < 1.29 is 8.42 Å². The Hall–Kier alpha value is -3.13. The summed E-state index contributed by atoms with van der Waals surface area (Å²) in [5.74, 6) is 0. The summed E-state index contributed by atoms with van der Waals surface area (Å²) in [5, 5.41) is 10.7. The second-order valence-corrected chi connectivity index (χ2v) is 9.28. The lowest BCUT2D eigenvalue weighted by atomic mass is 10.1. The highest BCUT2D eigenvalue weighted by atomic mass is 35.5. The van der Waals surface area contributed by atoms with Crippen molar-refractivity contribution in [2.45, 2.75) is 4.90 Å². The monoisotopic (exact) mass is 452 g/mol. The van der Waals surface area contributed by atoms with Crippen LogP contribution in [-0.2, 0) is 10.0 Å². The molecular weight excluding hydrogens is 432 g/mol. The molecule has 0 amide bonds. The quantitative estimate of drug-likeness (QED) is 0.480. The largest absolute Gasteiger partial charge is 0.377 e. The molecule has 0 spiro atoms. The van der Waals surface area contributed by atoms with E-state index >= 15 is 0 Å². The van der Waals surface area contributed by atoms with Gasteiger partial charge in [-0.2, -0.15) is 5.10 Å². The van der Waals surface area contributed by atoms with Crippen LogP contribution in [0.3, 0.4) is 0 Å². The maximum Gasteiger partial charge on any atom is 0.238 e. The summed E-state index contributed by atoms with van der Waals surface area (Å²) in [7, 11) is 0.204. The van der Waals surface area contributed by atoms with Crippen molar-refractivity contribution >= 4 is 27.3 Å². The molecule has 6 nitrogen and oxygen atoms in total. The molecule has 4 aromatic rings.